The predicted octanol–water partition coefficient (Wildman–Crippen LogP) is 2.94. The molecule has 12 heavy (non-hydrogen) atoms. The molecule has 0 saturated carbocycles. The minimum Gasteiger partial charge on any atom is -0.515 e. The number of aldehydes is 1. The molecule has 0 spiro atoms. The summed E-state index contributed by atoms with van der Waals surface area (Å²) in [5.74, 6) is 0. The lowest BCUT2D eigenvalue weighted by Crippen LogP contribution is -1.90. The highest BCUT2D eigenvalue weighted by Gasteiger charge is 2.05. The summed E-state index contributed by atoms with van der Waals surface area (Å²) in [6.07, 6.45) is 2.87. The van der Waals surface area contributed by atoms with Crippen molar-refractivity contribution in [3.63, 3.8) is 0 Å². The van der Waals surface area contributed by atoms with E-state index in [0.29, 0.717) is 29.0 Å². The van der Waals surface area contributed by atoms with Gasteiger partial charge in [0.2, 0.25) is 0 Å². The van der Waals surface area contributed by atoms with Crippen LogP contribution in [0, 0.1) is 0 Å². The van der Waals surface area contributed by atoms with Gasteiger partial charge in [0, 0.05) is 11.1 Å². The summed E-state index contributed by atoms with van der Waals surface area (Å²) in [7, 11) is 0. The molecule has 0 atom stereocenters. The third-order valence-electron chi connectivity index (χ3n) is 1.62. The van der Waals surface area contributed by atoms with Crippen LogP contribution in [0.25, 0.3) is 0 Å². The van der Waals surface area contributed by atoms with Crippen LogP contribution in [0.1, 0.15) is 26.7 Å². The molecule has 0 heterocycles. The van der Waals surface area contributed by atoms with Crippen LogP contribution in [0.3, 0.4) is 0 Å². The first-order chi connectivity index (χ1) is 5.71. The van der Waals surface area contributed by atoms with Crippen molar-refractivity contribution in [2.45, 2.75) is 26.7 Å². The molecule has 0 aromatic carbocycles. The van der Waals surface area contributed by atoms with Crippen molar-refractivity contribution in [1.82, 2.24) is 0 Å². The summed E-state index contributed by atoms with van der Waals surface area (Å²) in [6.45, 7) is 3.71. The molecule has 0 aromatic heterocycles. The molecule has 0 aromatic rings. The molecule has 0 aliphatic carbocycles. The highest BCUT2D eigenvalue weighted by atomic mass is 35.5. The second-order valence-electron chi connectivity index (χ2n) is 2.32. The highest BCUT2D eigenvalue weighted by Crippen LogP contribution is 2.22. The fourth-order valence-electron chi connectivity index (χ4n) is 0.800. The van der Waals surface area contributed by atoms with Gasteiger partial charge in [0.25, 0.3) is 0 Å². The smallest absolute Gasteiger partial charge is 0.147 e. The van der Waals surface area contributed by atoms with E-state index < -0.39 is 0 Å². The van der Waals surface area contributed by atoms with Gasteiger partial charge in [-0.25, -0.2) is 0 Å². The van der Waals surface area contributed by atoms with Crippen molar-refractivity contribution in [3.05, 3.63) is 22.4 Å². The Bertz CT molecular complexity index is 217. The van der Waals surface area contributed by atoms with E-state index in [1.54, 1.807) is 0 Å². The Morgan fingerprint density at radius 2 is 2.00 bits per heavy atom. The monoisotopic (exact) mass is 188 g/mol. The summed E-state index contributed by atoms with van der Waals surface area (Å²) in [6, 6.07) is 0. The van der Waals surface area contributed by atoms with Crippen LogP contribution >= 0.6 is 11.6 Å². The van der Waals surface area contributed by atoms with E-state index in [0.717, 1.165) is 12.5 Å². The molecule has 1 N–H and O–H groups in total. The van der Waals surface area contributed by atoms with Crippen LogP contribution < -0.4 is 0 Å². The molecule has 68 valence electrons. The lowest BCUT2D eigenvalue weighted by molar-refractivity contribution is -0.105. The molecule has 0 aliphatic heterocycles. The van der Waals surface area contributed by atoms with Gasteiger partial charge in [-0.05, 0) is 12.8 Å². The Morgan fingerprint density at radius 1 is 1.42 bits per heavy atom. The molecule has 0 radical (unpaired) electrons. The summed E-state index contributed by atoms with van der Waals surface area (Å²) >= 11 is 5.83. The van der Waals surface area contributed by atoms with E-state index >= 15 is 0 Å². The summed E-state index contributed by atoms with van der Waals surface area (Å²) in [5, 5.41) is 9.11. The molecule has 2 nitrogen and oxygen atoms in total. The van der Waals surface area contributed by atoms with E-state index in [1.165, 1.54) is 0 Å². The van der Waals surface area contributed by atoms with Gasteiger partial charge in [0.05, 0.1) is 11.3 Å². The zero-order valence-corrected chi connectivity index (χ0v) is 8.06. The normalized spacial score (nSPS) is 14.1. The number of carbonyl (C=O) groups is 1. The SMILES string of the molecule is CC/C(C=O)=C(Cl)\C(=C\O)CC. The number of carbonyl (C=O) groups excluding carboxylic acids is 1. The van der Waals surface area contributed by atoms with Crippen molar-refractivity contribution >= 4 is 17.9 Å². The zero-order chi connectivity index (χ0) is 9.56. The van der Waals surface area contributed by atoms with Gasteiger partial charge in [-0.3, -0.25) is 4.79 Å². The van der Waals surface area contributed by atoms with Gasteiger partial charge >= 0.3 is 0 Å². The number of rotatable bonds is 4. The first kappa shape index (κ1) is 11.2. The van der Waals surface area contributed by atoms with Crippen LogP contribution in [0.15, 0.2) is 22.4 Å². The van der Waals surface area contributed by atoms with Gasteiger partial charge in [0.1, 0.15) is 6.29 Å². The molecule has 3 heteroatoms. The summed E-state index contributed by atoms with van der Waals surface area (Å²) in [4.78, 5) is 10.5. The van der Waals surface area contributed by atoms with Gasteiger partial charge in [-0.15, -0.1) is 0 Å². The van der Waals surface area contributed by atoms with Crippen LogP contribution in [0.5, 0.6) is 0 Å². The molecule has 0 bridgehead atoms. The highest BCUT2D eigenvalue weighted by molar-refractivity contribution is 6.33. The minimum absolute atomic E-state index is 0.373. The number of halogens is 1. The lowest BCUT2D eigenvalue weighted by Gasteiger charge is -2.03. The largest absolute Gasteiger partial charge is 0.515 e. The van der Waals surface area contributed by atoms with Crippen molar-refractivity contribution in [1.29, 1.82) is 0 Å². The predicted molar refractivity (Wildman–Crippen MR) is 50.2 cm³/mol. The van der Waals surface area contributed by atoms with Gasteiger partial charge in [-0.1, -0.05) is 25.4 Å². The molecule has 0 unspecified atom stereocenters. The Kier molecular flexibility index (Phi) is 5.47. The van der Waals surface area contributed by atoms with E-state index in [-0.39, 0.29) is 0 Å². The Morgan fingerprint density at radius 3 is 2.25 bits per heavy atom. The Hall–Kier alpha value is -0.760. The third kappa shape index (κ3) is 2.70. The van der Waals surface area contributed by atoms with Gasteiger partial charge in [0.15, 0.2) is 0 Å². The molecule has 0 amide bonds. The van der Waals surface area contributed by atoms with Gasteiger partial charge in [-0.2, -0.15) is 0 Å². The maximum Gasteiger partial charge on any atom is 0.147 e. The number of aliphatic hydroxyl groups excluding tert-OH is 1. The van der Waals surface area contributed by atoms with E-state index in [2.05, 4.69) is 0 Å². The van der Waals surface area contributed by atoms with Crippen LogP contribution in [-0.4, -0.2) is 11.4 Å². The summed E-state index contributed by atoms with van der Waals surface area (Å²) < 4.78 is 0. The van der Waals surface area contributed by atoms with Crippen molar-refractivity contribution in [3.8, 4) is 0 Å². The maximum absolute atomic E-state index is 10.5. The zero-order valence-electron chi connectivity index (χ0n) is 7.30. The lowest BCUT2D eigenvalue weighted by atomic mass is 10.1. The number of allylic oxidation sites excluding steroid dienone is 3. The standard InChI is InChI=1S/C9H13ClO2/c1-3-7(5-11)9(10)8(4-2)6-12/h5-6,11H,3-4H2,1-2H3/b7-5+,9-8-. The van der Waals surface area contributed by atoms with Crippen LogP contribution in [0.4, 0.5) is 0 Å². The number of hydrogen-bond acceptors (Lipinski definition) is 2. The Labute approximate surface area is 77.5 Å². The summed E-state index contributed by atoms with van der Waals surface area (Å²) in [5.41, 5.74) is 1.12. The quantitative estimate of drug-likeness (QED) is 0.319. The van der Waals surface area contributed by atoms with E-state index in [1.807, 2.05) is 13.8 Å². The van der Waals surface area contributed by atoms with Crippen LogP contribution in [0.2, 0.25) is 0 Å². The first-order valence-electron chi connectivity index (χ1n) is 3.88. The number of aliphatic hydroxyl groups is 1. The fourth-order valence-corrected chi connectivity index (χ4v) is 1.16. The Balaban J connectivity index is 4.84. The van der Waals surface area contributed by atoms with Crippen LogP contribution in [-0.2, 0) is 4.79 Å². The van der Waals surface area contributed by atoms with Crippen molar-refractivity contribution in [2.75, 3.05) is 0 Å². The third-order valence-corrected chi connectivity index (χ3v) is 2.11. The topological polar surface area (TPSA) is 37.3 Å². The number of hydrogen-bond donors (Lipinski definition) is 1. The molecule has 0 rings (SSSR count). The van der Waals surface area contributed by atoms with Crippen molar-refractivity contribution < 1.29 is 9.90 Å². The molecule has 0 aliphatic rings. The second-order valence-corrected chi connectivity index (χ2v) is 2.70. The molecular weight excluding hydrogens is 176 g/mol. The molecule has 0 fully saturated rings. The molecule has 0 saturated heterocycles. The second kappa shape index (κ2) is 5.84. The maximum atomic E-state index is 10.5. The van der Waals surface area contributed by atoms with Crippen molar-refractivity contribution in [2.24, 2.45) is 0 Å². The minimum atomic E-state index is 0.373. The van der Waals surface area contributed by atoms with Gasteiger partial charge < -0.3 is 5.11 Å². The average molecular weight is 189 g/mol. The average Bonchev–Trinajstić information content (AvgIpc) is 2.09. The van der Waals surface area contributed by atoms with E-state index in [9.17, 15) is 4.79 Å². The van der Waals surface area contributed by atoms with E-state index in [4.69, 9.17) is 16.7 Å². The fraction of sp³-hybridized carbons (Fsp3) is 0.444. The first-order valence-corrected chi connectivity index (χ1v) is 4.26. The molecular formula is C9H13ClO2.